The molecule has 4 nitrogen and oxygen atoms in total. The third-order valence-corrected chi connectivity index (χ3v) is 3.24. The summed E-state index contributed by atoms with van der Waals surface area (Å²) >= 11 is 1.75. The van der Waals surface area contributed by atoms with Crippen LogP contribution >= 0.6 is 11.3 Å². The minimum atomic E-state index is 0.512. The largest absolute Gasteiger partial charge is 0.382 e. The molecule has 0 amide bonds. The molecule has 0 spiro atoms. The zero-order valence-electron chi connectivity index (χ0n) is 10.9. The van der Waals surface area contributed by atoms with Crippen molar-refractivity contribution in [3.63, 3.8) is 0 Å². The number of nitrogens with one attached hydrogen (secondary N) is 1. The third kappa shape index (κ3) is 6.73. The van der Waals surface area contributed by atoms with Crippen LogP contribution in [0.25, 0.3) is 0 Å². The molecule has 0 fully saturated rings. The van der Waals surface area contributed by atoms with Crippen LogP contribution in [0.15, 0.2) is 6.20 Å². The first kappa shape index (κ1) is 14.6. The Morgan fingerprint density at radius 3 is 2.88 bits per heavy atom. The molecule has 98 valence electrons. The van der Waals surface area contributed by atoms with Crippen LogP contribution in [-0.2, 0) is 22.4 Å². The summed E-state index contributed by atoms with van der Waals surface area (Å²) in [7, 11) is 1.68. The lowest BCUT2D eigenvalue weighted by Crippen LogP contribution is -2.21. The number of hydrogen-bond donors (Lipinski definition) is 1. The lowest BCUT2D eigenvalue weighted by molar-refractivity contribution is 0.0722. The predicted molar refractivity (Wildman–Crippen MR) is 70.5 cm³/mol. The molecule has 0 saturated heterocycles. The van der Waals surface area contributed by atoms with Gasteiger partial charge in [-0.05, 0) is 0 Å². The fourth-order valence-corrected chi connectivity index (χ4v) is 2.11. The molecule has 0 saturated carbocycles. The molecule has 0 aliphatic carbocycles. The maximum atomic E-state index is 5.41. The summed E-state index contributed by atoms with van der Waals surface area (Å²) in [6, 6.07) is 0.512. The van der Waals surface area contributed by atoms with E-state index in [0.717, 1.165) is 18.0 Å². The van der Waals surface area contributed by atoms with Crippen LogP contribution in [0.3, 0.4) is 0 Å². The van der Waals surface area contributed by atoms with E-state index in [4.69, 9.17) is 9.47 Å². The molecule has 0 atom stereocenters. The molecule has 1 N–H and O–H groups in total. The van der Waals surface area contributed by atoms with Crippen molar-refractivity contribution >= 4 is 11.3 Å². The van der Waals surface area contributed by atoms with Crippen molar-refractivity contribution in [2.45, 2.75) is 32.9 Å². The minimum Gasteiger partial charge on any atom is -0.382 e. The molecule has 0 bridgehead atoms. The van der Waals surface area contributed by atoms with Crippen molar-refractivity contribution in [1.29, 1.82) is 0 Å². The maximum Gasteiger partial charge on any atom is 0.0951 e. The van der Waals surface area contributed by atoms with Crippen LogP contribution in [-0.4, -0.2) is 38.0 Å². The van der Waals surface area contributed by atoms with E-state index in [1.165, 1.54) is 4.88 Å². The van der Waals surface area contributed by atoms with Gasteiger partial charge in [0.1, 0.15) is 0 Å². The smallest absolute Gasteiger partial charge is 0.0951 e. The fourth-order valence-electron chi connectivity index (χ4n) is 1.25. The van der Waals surface area contributed by atoms with Gasteiger partial charge in [-0.2, -0.15) is 0 Å². The number of methoxy groups -OCH3 is 1. The summed E-state index contributed by atoms with van der Waals surface area (Å²) in [6.07, 6.45) is 2.83. The van der Waals surface area contributed by atoms with Crippen LogP contribution in [0.2, 0.25) is 0 Å². The molecule has 0 unspecified atom stereocenters. The van der Waals surface area contributed by atoms with E-state index < -0.39 is 0 Å². The molecule has 17 heavy (non-hydrogen) atoms. The van der Waals surface area contributed by atoms with Crippen molar-refractivity contribution in [2.75, 3.05) is 26.9 Å². The van der Waals surface area contributed by atoms with E-state index in [-0.39, 0.29) is 0 Å². The Morgan fingerprint density at radius 2 is 2.18 bits per heavy atom. The Bertz CT molecular complexity index is 302. The fraction of sp³-hybridized carbons (Fsp3) is 0.750. The molecule has 0 radical (unpaired) electrons. The summed E-state index contributed by atoms with van der Waals surface area (Å²) in [5, 5.41) is 4.52. The summed E-state index contributed by atoms with van der Waals surface area (Å²) in [5.41, 5.74) is 0. The summed E-state index contributed by atoms with van der Waals surface area (Å²) in [4.78, 5) is 5.66. The van der Waals surface area contributed by atoms with Gasteiger partial charge in [-0.3, -0.25) is 0 Å². The maximum absolute atomic E-state index is 5.41. The first-order valence-corrected chi connectivity index (χ1v) is 6.77. The highest BCUT2D eigenvalue weighted by molar-refractivity contribution is 7.11. The monoisotopic (exact) mass is 258 g/mol. The number of hydrogen-bond acceptors (Lipinski definition) is 5. The number of rotatable bonds is 9. The third-order valence-electron chi connectivity index (χ3n) is 2.18. The zero-order valence-corrected chi connectivity index (χ0v) is 11.7. The first-order valence-electron chi connectivity index (χ1n) is 5.96. The average molecular weight is 258 g/mol. The molecule has 0 aromatic carbocycles. The molecular weight excluding hydrogens is 236 g/mol. The SMILES string of the molecule is COCCOCCc1ncc(CNC(C)C)s1. The lowest BCUT2D eigenvalue weighted by Gasteiger charge is -2.04. The van der Waals surface area contributed by atoms with Gasteiger partial charge < -0.3 is 14.8 Å². The van der Waals surface area contributed by atoms with Gasteiger partial charge in [0.2, 0.25) is 0 Å². The number of ether oxygens (including phenoxy) is 2. The van der Waals surface area contributed by atoms with Crippen LogP contribution in [0, 0.1) is 0 Å². The average Bonchev–Trinajstić information content (AvgIpc) is 2.74. The second-order valence-corrected chi connectivity index (χ2v) is 5.31. The van der Waals surface area contributed by atoms with E-state index in [0.29, 0.717) is 25.9 Å². The van der Waals surface area contributed by atoms with Gasteiger partial charge in [0.25, 0.3) is 0 Å². The predicted octanol–water partition coefficient (Wildman–Crippen LogP) is 1.85. The molecule has 1 heterocycles. The van der Waals surface area contributed by atoms with Crippen molar-refractivity contribution in [2.24, 2.45) is 0 Å². The molecule has 1 aromatic rings. The quantitative estimate of drug-likeness (QED) is 0.687. The van der Waals surface area contributed by atoms with Gasteiger partial charge >= 0.3 is 0 Å². The van der Waals surface area contributed by atoms with Crippen molar-refractivity contribution in [1.82, 2.24) is 10.3 Å². The lowest BCUT2D eigenvalue weighted by atomic mass is 10.4. The Kier molecular flexibility index (Phi) is 7.35. The van der Waals surface area contributed by atoms with Gasteiger partial charge in [-0.1, -0.05) is 13.8 Å². The van der Waals surface area contributed by atoms with Gasteiger partial charge in [0, 0.05) is 37.2 Å². The normalized spacial score (nSPS) is 11.3. The molecule has 0 aliphatic rings. The molecular formula is C12H22N2O2S. The number of aromatic nitrogens is 1. The van der Waals surface area contributed by atoms with Crippen LogP contribution in [0.4, 0.5) is 0 Å². The van der Waals surface area contributed by atoms with Crippen molar-refractivity contribution in [3.8, 4) is 0 Å². The topological polar surface area (TPSA) is 43.4 Å². The standard InChI is InChI=1S/C12H22N2O2S/c1-10(2)13-8-11-9-14-12(17-11)4-5-16-7-6-15-3/h9-10,13H,4-8H2,1-3H3. The highest BCUT2D eigenvalue weighted by Crippen LogP contribution is 2.13. The van der Waals surface area contributed by atoms with Gasteiger partial charge in [0.15, 0.2) is 0 Å². The van der Waals surface area contributed by atoms with Gasteiger partial charge in [-0.15, -0.1) is 11.3 Å². The van der Waals surface area contributed by atoms with E-state index in [1.54, 1.807) is 18.4 Å². The Morgan fingerprint density at radius 1 is 1.35 bits per heavy atom. The van der Waals surface area contributed by atoms with Gasteiger partial charge in [0.05, 0.1) is 24.8 Å². The van der Waals surface area contributed by atoms with Gasteiger partial charge in [-0.25, -0.2) is 4.98 Å². The van der Waals surface area contributed by atoms with E-state index >= 15 is 0 Å². The summed E-state index contributed by atoms with van der Waals surface area (Å²) in [6.45, 7) is 7.22. The van der Waals surface area contributed by atoms with E-state index in [1.807, 2.05) is 6.20 Å². The van der Waals surface area contributed by atoms with Crippen LogP contribution < -0.4 is 5.32 Å². The highest BCUT2D eigenvalue weighted by Gasteiger charge is 2.02. The van der Waals surface area contributed by atoms with Crippen molar-refractivity contribution < 1.29 is 9.47 Å². The van der Waals surface area contributed by atoms with E-state index in [9.17, 15) is 0 Å². The summed E-state index contributed by atoms with van der Waals surface area (Å²) < 4.78 is 10.3. The van der Waals surface area contributed by atoms with Crippen molar-refractivity contribution in [3.05, 3.63) is 16.1 Å². The molecule has 1 rings (SSSR count). The Labute approximate surface area is 107 Å². The second kappa shape index (κ2) is 8.58. The highest BCUT2D eigenvalue weighted by atomic mass is 32.1. The Balaban J connectivity index is 2.17. The minimum absolute atomic E-state index is 0.512. The molecule has 1 aromatic heterocycles. The first-order chi connectivity index (χ1) is 8.22. The molecule has 0 aliphatic heterocycles. The summed E-state index contributed by atoms with van der Waals surface area (Å²) in [5.74, 6) is 0. The van der Waals surface area contributed by atoms with Crippen LogP contribution in [0.5, 0.6) is 0 Å². The number of nitrogens with zero attached hydrogens (tertiary/aromatic N) is 1. The number of thiazole rings is 1. The van der Waals surface area contributed by atoms with Crippen LogP contribution in [0.1, 0.15) is 23.7 Å². The van der Waals surface area contributed by atoms with E-state index in [2.05, 4.69) is 24.1 Å². The zero-order chi connectivity index (χ0) is 12.5. The second-order valence-electron chi connectivity index (χ2n) is 4.11. The molecule has 5 heteroatoms. The Hall–Kier alpha value is -0.490.